The lowest BCUT2D eigenvalue weighted by Crippen LogP contribution is -2.70. The van der Waals surface area contributed by atoms with Crippen LogP contribution in [0.5, 0.6) is 0 Å². The number of carbonyl (C=O) groups excluding carboxylic acids is 1. The molecule has 2 atom stereocenters. The van der Waals surface area contributed by atoms with Crippen LogP contribution in [-0.2, 0) is 16.3 Å². The van der Waals surface area contributed by atoms with E-state index in [1.807, 2.05) is 26.8 Å². The van der Waals surface area contributed by atoms with E-state index in [4.69, 9.17) is 0 Å². The Morgan fingerprint density at radius 3 is 2.62 bits per heavy atom. The number of pyridine rings is 1. The summed E-state index contributed by atoms with van der Waals surface area (Å²) in [6.45, 7) is 5.93. The Morgan fingerprint density at radius 1 is 1.38 bits per heavy atom. The summed E-state index contributed by atoms with van der Waals surface area (Å²) < 4.78 is 24.8. The van der Waals surface area contributed by atoms with Gasteiger partial charge in [-0.2, -0.15) is 0 Å². The third kappa shape index (κ3) is 3.78. The highest BCUT2D eigenvalue weighted by Gasteiger charge is 2.53. The van der Waals surface area contributed by atoms with Crippen LogP contribution in [0.2, 0.25) is 0 Å². The van der Waals surface area contributed by atoms with Crippen molar-refractivity contribution >= 4 is 15.9 Å². The fraction of sp³-hybridized carbons (Fsp3) is 0.647. The maximum Gasteiger partial charge on any atom is 0.258 e. The highest BCUT2D eigenvalue weighted by molar-refractivity contribution is 7.91. The van der Waals surface area contributed by atoms with Crippen LogP contribution in [-0.4, -0.2) is 53.6 Å². The van der Waals surface area contributed by atoms with Crippen LogP contribution in [0.15, 0.2) is 24.4 Å². The van der Waals surface area contributed by atoms with E-state index < -0.39 is 27.5 Å². The standard InChI is InChI=1S/C17H26N2O4S/c1-17(2,3)19(16(20)21)11-6-8-15(19)13-24(22,23)12-9-14-7-4-5-10-18-14/h4-5,7,10,15H,6,8-9,11-13H2,1-3H3. The number of hydrogen-bond acceptors (Lipinski definition) is 5. The van der Waals surface area contributed by atoms with E-state index in [1.54, 1.807) is 18.3 Å². The van der Waals surface area contributed by atoms with E-state index >= 15 is 0 Å². The van der Waals surface area contributed by atoms with Gasteiger partial charge in [0, 0.05) is 31.2 Å². The van der Waals surface area contributed by atoms with Gasteiger partial charge in [0.05, 0.1) is 17.8 Å². The van der Waals surface area contributed by atoms with E-state index in [1.165, 1.54) is 0 Å². The number of hydrogen-bond donors (Lipinski definition) is 0. The van der Waals surface area contributed by atoms with E-state index in [0.29, 0.717) is 25.8 Å². The summed E-state index contributed by atoms with van der Waals surface area (Å²) in [7, 11) is -3.37. The van der Waals surface area contributed by atoms with Crippen LogP contribution < -0.4 is 5.11 Å². The lowest BCUT2D eigenvalue weighted by molar-refractivity contribution is -0.927. The molecule has 1 aromatic heterocycles. The van der Waals surface area contributed by atoms with Crippen LogP contribution in [0.1, 0.15) is 39.3 Å². The Morgan fingerprint density at radius 2 is 2.08 bits per heavy atom. The maximum atomic E-state index is 12.5. The van der Waals surface area contributed by atoms with Crippen LogP contribution >= 0.6 is 0 Å². The molecule has 2 unspecified atom stereocenters. The minimum Gasteiger partial charge on any atom is -0.498 e. The second-order valence-electron chi connectivity index (χ2n) is 7.51. The Bertz CT molecular complexity index is 682. The summed E-state index contributed by atoms with van der Waals surface area (Å²) in [6, 6.07) is 4.94. The summed E-state index contributed by atoms with van der Waals surface area (Å²) in [5.41, 5.74) is 0.125. The molecule has 6 nitrogen and oxygen atoms in total. The summed E-state index contributed by atoms with van der Waals surface area (Å²) in [6.07, 6.45) is 2.09. The second kappa shape index (κ2) is 6.80. The van der Waals surface area contributed by atoms with Crippen LogP contribution in [0.4, 0.5) is 4.79 Å². The van der Waals surface area contributed by atoms with Gasteiger partial charge in [0.15, 0.2) is 9.84 Å². The number of quaternary nitrogens is 1. The van der Waals surface area contributed by atoms with Crippen molar-refractivity contribution in [3.8, 4) is 0 Å². The van der Waals surface area contributed by atoms with Crippen molar-refractivity contribution in [3.05, 3.63) is 30.1 Å². The molecule has 0 radical (unpaired) electrons. The largest absolute Gasteiger partial charge is 0.498 e. The third-order valence-corrected chi connectivity index (χ3v) is 6.75. The normalized spacial score (nSPS) is 24.9. The Kier molecular flexibility index (Phi) is 5.34. The quantitative estimate of drug-likeness (QED) is 0.741. The van der Waals surface area contributed by atoms with Gasteiger partial charge in [-0.15, -0.1) is 0 Å². The van der Waals surface area contributed by atoms with Crippen molar-refractivity contribution in [2.45, 2.75) is 51.6 Å². The number of carbonyl (C=O) groups is 1. The van der Waals surface area contributed by atoms with E-state index in [0.717, 1.165) is 5.69 Å². The zero-order valence-electron chi connectivity index (χ0n) is 14.6. The Balaban J connectivity index is 2.14. The van der Waals surface area contributed by atoms with Crippen LogP contribution in [0, 0.1) is 0 Å². The van der Waals surface area contributed by atoms with Crippen molar-refractivity contribution in [3.63, 3.8) is 0 Å². The van der Waals surface area contributed by atoms with Gasteiger partial charge in [-0.1, -0.05) is 6.07 Å². The van der Waals surface area contributed by atoms with Gasteiger partial charge in [0.2, 0.25) is 0 Å². The van der Waals surface area contributed by atoms with Gasteiger partial charge in [0.25, 0.3) is 6.09 Å². The molecular formula is C17H26N2O4S. The first-order valence-corrected chi connectivity index (χ1v) is 10.1. The molecule has 1 fully saturated rings. The van der Waals surface area contributed by atoms with Crippen molar-refractivity contribution in [2.75, 3.05) is 18.1 Å². The van der Waals surface area contributed by atoms with Crippen molar-refractivity contribution < 1.29 is 22.8 Å². The van der Waals surface area contributed by atoms with Gasteiger partial charge < -0.3 is 9.90 Å². The monoisotopic (exact) mass is 354 g/mol. The molecule has 1 amide bonds. The van der Waals surface area contributed by atoms with Gasteiger partial charge >= 0.3 is 0 Å². The highest BCUT2D eigenvalue weighted by atomic mass is 32.2. The molecule has 1 aromatic rings. The van der Waals surface area contributed by atoms with Gasteiger partial charge in [-0.3, -0.25) is 9.47 Å². The van der Waals surface area contributed by atoms with Crippen molar-refractivity contribution in [2.24, 2.45) is 0 Å². The SMILES string of the molecule is CC(C)(C)[N+]1(C(=O)[O-])CCCC1CS(=O)(=O)CCc1ccccn1. The fourth-order valence-corrected chi connectivity index (χ4v) is 5.46. The van der Waals surface area contributed by atoms with E-state index in [9.17, 15) is 18.3 Å². The topological polar surface area (TPSA) is 87.2 Å². The number of aromatic nitrogens is 1. The zero-order valence-corrected chi connectivity index (χ0v) is 15.4. The first-order valence-electron chi connectivity index (χ1n) is 8.28. The smallest absolute Gasteiger partial charge is 0.258 e. The van der Waals surface area contributed by atoms with E-state index in [2.05, 4.69) is 4.98 Å². The van der Waals surface area contributed by atoms with Crippen molar-refractivity contribution in [1.82, 2.24) is 4.98 Å². The number of amides is 1. The lowest BCUT2D eigenvalue weighted by Gasteiger charge is -2.49. The molecule has 24 heavy (non-hydrogen) atoms. The minimum atomic E-state index is -3.37. The molecule has 7 heteroatoms. The molecule has 1 aliphatic rings. The van der Waals surface area contributed by atoms with Crippen LogP contribution in [0.25, 0.3) is 0 Å². The van der Waals surface area contributed by atoms with E-state index in [-0.39, 0.29) is 16.0 Å². The average Bonchev–Trinajstić information content (AvgIpc) is 2.90. The Labute approximate surface area is 144 Å². The molecule has 0 N–H and O–H groups in total. The average molecular weight is 354 g/mol. The van der Waals surface area contributed by atoms with Crippen molar-refractivity contribution in [1.29, 1.82) is 0 Å². The zero-order chi connectivity index (χ0) is 18.0. The minimum absolute atomic E-state index is 0.0162. The number of sulfone groups is 1. The molecule has 134 valence electrons. The number of carboxylic acid groups (broad SMARTS) is 1. The molecule has 0 aromatic carbocycles. The predicted octanol–water partition coefficient (Wildman–Crippen LogP) is 1.16. The summed E-state index contributed by atoms with van der Waals surface area (Å²) in [5, 5.41) is 11.9. The van der Waals surface area contributed by atoms with Gasteiger partial charge in [0.1, 0.15) is 11.8 Å². The lowest BCUT2D eigenvalue weighted by atomic mass is 10.0. The molecule has 1 aliphatic heterocycles. The van der Waals surface area contributed by atoms with Crippen LogP contribution in [0.3, 0.4) is 0 Å². The Hall–Kier alpha value is -1.47. The molecule has 0 bridgehead atoms. The molecule has 0 aliphatic carbocycles. The fourth-order valence-electron chi connectivity index (χ4n) is 3.77. The first-order chi connectivity index (χ1) is 11.1. The number of nitrogens with zero attached hydrogens (tertiary/aromatic N) is 2. The highest BCUT2D eigenvalue weighted by Crippen LogP contribution is 2.37. The molecule has 1 saturated heterocycles. The molecule has 2 heterocycles. The second-order valence-corrected chi connectivity index (χ2v) is 9.74. The number of likely N-dealkylation sites (tertiary alicyclic amines) is 1. The maximum absolute atomic E-state index is 12.5. The summed E-state index contributed by atoms with van der Waals surface area (Å²) >= 11 is 0. The summed E-state index contributed by atoms with van der Waals surface area (Å²) in [4.78, 5) is 16.0. The summed E-state index contributed by atoms with van der Waals surface area (Å²) in [5.74, 6) is -0.136. The predicted molar refractivity (Wildman–Crippen MR) is 89.9 cm³/mol. The third-order valence-electron chi connectivity index (χ3n) is 5.04. The van der Waals surface area contributed by atoms with Gasteiger partial charge in [-0.25, -0.2) is 8.42 Å². The first kappa shape index (κ1) is 18.9. The molecular weight excluding hydrogens is 328 g/mol. The molecule has 0 saturated carbocycles. The molecule has 2 rings (SSSR count). The molecule has 0 spiro atoms. The number of rotatable bonds is 5. The van der Waals surface area contributed by atoms with Gasteiger partial charge in [-0.05, 0) is 32.9 Å². The number of aryl methyl sites for hydroxylation is 1.